The Kier molecular flexibility index (Phi) is 4.90. The van der Waals surface area contributed by atoms with E-state index in [0.29, 0.717) is 12.4 Å². The van der Waals surface area contributed by atoms with Gasteiger partial charge in [0.2, 0.25) is 5.88 Å². The van der Waals surface area contributed by atoms with Crippen LogP contribution >= 0.6 is 0 Å². The first-order chi connectivity index (χ1) is 8.48. The molecule has 0 aliphatic rings. The number of rotatable bonds is 6. The fourth-order valence-corrected chi connectivity index (χ4v) is 1.58. The van der Waals surface area contributed by atoms with Crippen LogP contribution in [-0.2, 0) is 6.54 Å². The molecule has 0 N–H and O–H groups in total. The van der Waals surface area contributed by atoms with Gasteiger partial charge in [0.15, 0.2) is 0 Å². The summed E-state index contributed by atoms with van der Waals surface area (Å²) in [4.78, 5) is 11.5. The highest BCUT2D eigenvalue weighted by Gasteiger charge is 2.15. The van der Waals surface area contributed by atoms with E-state index in [1.54, 1.807) is 6.07 Å². The molecule has 0 bridgehead atoms. The van der Waals surface area contributed by atoms with Crippen LogP contribution in [0.2, 0.25) is 0 Å². The molecule has 0 radical (unpaired) electrons. The van der Waals surface area contributed by atoms with E-state index in [4.69, 9.17) is 10.00 Å². The second-order valence-electron chi connectivity index (χ2n) is 4.89. The number of unbranched alkanes of at least 4 members (excludes halogenated alkanes) is 1. The topological polar surface area (TPSA) is 67.9 Å². The number of aromatic nitrogens is 2. The number of hydrogen-bond donors (Lipinski definition) is 0. The van der Waals surface area contributed by atoms with Gasteiger partial charge in [0.1, 0.15) is 0 Å². The summed E-state index contributed by atoms with van der Waals surface area (Å²) in [5, 5.41) is 13.0. The molecule has 5 heteroatoms. The molecule has 98 valence electrons. The fraction of sp³-hybridized carbons (Fsp3) is 0.615. The Labute approximate surface area is 107 Å². The minimum Gasteiger partial charge on any atom is -0.480 e. The summed E-state index contributed by atoms with van der Waals surface area (Å²) in [7, 11) is 1.52. The molecule has 1 rings (SSSR count). The average Bonchev–Trinajstić information content (AvgIpc) is 2.36. The summed E-state index contributed by atoms with van der Waals surface area (Å²) in [6.45, 7) is 4.39. The van der Waals surface area contributed by atoms with Crippen LogP contribution in [0.3, 0.4) is 0 Å². The van der Waals surface area contributed by atoms with Crippen LogP contribution in [-0.4, -0.2) is 16.9 Å². The van der Waals surface area contributed by atoms with E-state index in [2.05, 4.69) is 11.2 Å². The molecule has 0 amide bonds. The maximum absolute atomic E-state index is 11.5. The number of nitrogens with zero attached hydrogens (tertiary/aromatic N) is 3. The number of hydrogen-bond acceptors (Lipinski definition) is 4. The molecule has 1 aromatic heterocycles. The van der Waals surface area contributed by atoms with Crippen molar-refractivity contribution in [3.05, 3.63) is 22.5 Å². The van der Waals surface area contributed by atoms with Crippen molar-refractivity contribution in [3.63, 3.8) is 0 Å². The lowest BCUT2D eigenvalue weighted by Gasteiger charge is -2.14. The summed E-state index contributed by atoms with van der Waals surface area (Å²) in [6, 6.07) is 5.27. The summed E-state index contributed by atoms with van der Waals surface area (Å²) in [5.41, 5.74) is -0.428. The van der Waals surface area contributed by atoms with Crippen molar-refractivity contribution in [2.24, 2.45) is 5.41 Å². The van der Waals surface area contributed by atoms with Gasteiger partial charge in [0.05, 0.1) is 18.6 Å². The Morgan fingerprint density at radius 3 is 2.78 bits per heavy atom. The molecule has 18 heavy (non-hydrogen) atoms. The van der Waals surface area contributed by atoms with Gasteiger partial charge in [-0.2, -0.15) is 5.26 Å². The molecular formula is C13H19N3O2. The Balaban J connectivity index is 2.50. The summed E-state index contributed by atoms with van der Waals surface area (Å²) >= 11 is 0. The van der Waals surface area contributed by atoms with E-state index in [9.17, 15) is 4.79 Å². The molecule has 0 saturated heterocycles. The van der Waals surface area contributed by atoms with E-state index in [-0.39, 0.29) is 11.0 Å². The highest BCUT2D eigenvalue weighted by molar-refractivity contribution is 5.05. The third-order valence-corrected chi connectivity index (χ3v) is 2.78. The third-order valence-electron chi connectivity index (χ3n) is 2.78. The van der Waals surface area contributed by atoms with Crippen molar-refractivity contribution < 1.29 is 4.74 Å². The van der Waals surface area contributed by atoms with Gasteiger partial charge in [0.25, 0.3) is 5.56 Å². The van der Waals surface area contributed by atoms with E-state index in [0.717, 1.165) is 19.3 Å². The summed E-state index contributed by atoms with van der Waals surface area (Å²) in [5.74, 6) is 0.437. The first kappa shape index (κ1) is 14.2. The quantitative estimate of drug-likeness (QED) is 0.723. The molecule has 0 fully saturated rings. The molecule has 0 aliphatic carbocycles. The third kappa shape index (κ3) is 4.21. The fourth-order valence-electron chi connectivity index (χ4n) is 1.58. The lowest BCUT2D eigenvalue weighted by molar-refractivity contribution is 0.367. The summed E-state index contributed by atoms with van der Waals surface area (Å²) < 4.78 is 6.37. The summed E-state index contributed by atoms with van der Waals surface area (Å²) in [6.07, 6.45) is 2.54. The number of ether oxygens (including phenoxy) is 1. The van der Waals surface area contributed by atoms with Crippen LogP contribution < -0.4 is 10.3 Å². The lowest BCUT2D eigenvalue weighted by Crippen LogP contribution is -2.22. The zero-order chi connectivity index (χ0) is 13.6. The lowest BCUT2D eigenvalue weighted by atomic mass is 9.89. The maximum Gasteiger partial charge on any atom is 0.266 e. The van der Waals surface area contributed by atoms with Crippen molar-refractivity contribution in [2.75, 3.05) is 7.11 Å². The molecule has 1 heterocycles. The molecule has 0 aromatic carbocycles. The van der Waals surface area contributed by atoms with Crippen LogP contribution in [0.25, 0.3) is 0 Å². The smallest absolute Gasteiger partial charge is 0.266 e. The SMILES string of the molecule is COc1ccc(=O)n(CCCCC(C)(C)C#N)n1. The van der Waals surface area contributed by atoms with Crippen LogP contribution in [0.4, 0.5) is 0 Å². The molecule has 0 aliphatic heterocycles. The monoisotopic (exact) mass is 249 g/mol. The van der Waals surface area contributed by atoms with Gasteiger partial charge in [-0.1, -0.05) is 6.42 Å². The minimum atomic E-state index is -0.299. The van der Waals surface area contributed by atoms with Crippen molar-refractivity contribution in [1.82, 2.24) is 9.78 Å². The van der Waals surface area contributed by atoms with E-state index in [1.165, 1.54) is 17.9 Å². The van der Waals surface area contributed by atoms with Gasteiger partial charge >= 0.3 is 0 Å². The van der Waals surface area contributed by atoms with Crippen molar-refractivity contribution in [3.8, 4) is 11.9 Å². The highest BCUT2D eigenvalue weighted by atomic mass is 16.5. The Bertz CT molecular complexity index is 486. The molecule has 0 saturated carbocycles. The zero-order valence-corrected chi connectivity index (χ0v) is 11.1. The van der Waals surface area contributed by atoms with Crippen LogP contribution in [0.1, 0.15) is 33.1 Å². The van der Waals surface area contributed by atoms with Gasteiger partial charge < -0.3 is 4.74 Å². The number of aryl methyl sites for hydroxylation is 1. The first-order valence-corrected chi connectivity index (χ1v) is 6.02. The molecule has 5 nitrogen and oxygen atoms in total. The Morgan fingerprint density at radius 2 is 2.17 bits per heavy atom. The second-order valence-corrected chi connectivity index (χ2v) is 4.89. The molecule has 0 unspecified atom stereocenters. The van der Waals surface area contributed by atoms with Crippen molar-refractivity contribution in [1.29, 1.82) is 5.26 Å². The Hall–Kier alpha value is -1.83. The predicted octanol–water partition coefficient (Wildman–Crippen LogP) is 1.97. The maximum atomic E-state index is 11.5. The second kappa shape index (κ2) is 6.20. The van der Waals surface area contributed by atoms with Gasteiger partial charge in [-0.25, -0.2) is 4.68 Å². The van der Waals surface area contributed by atoms with E-state index < -0.39 is 0 Å². The normalized spacial score (nSPS) is 11.0. The molecule has 0 spiro atoms. The largest absolute Gasteiger partial charge is 0.480 e. The minimum absolute atomic E-state index is 0.129. The van der Waals surface area contributed by atoms with Crippen molar-refractivity contribution in [2.45, 2.75) is 39.7 Å². The van der Waals surface area contributed by atoms with Crippen molar-refractivity contribution >= 4 is 0 Å². The zero-order valence-electron chi connectivity index (χ0n) is 11.1. The van der Waals surface area contributed by atoms with Gasteiger partial charge in [0, 0.05) is 18.7 Å². The first-order valence-electron chi connectivity index (χ1n) is 6.02. The van der Waals surface area contributed by atoms with Crippen LogP contribution in [0.15, 0.2) is 16.9 Å². The predicted molar refractivity (Wildman–Crippen MR) is 68.3 cm³/mol. The molecular weight excluding hydrogens is 230 g/mol. The highest BCUT2D eigenvalue weighted by Crippen LogP contribution is 2.21. The molecule has 0 atom stereocenters. The van der Waals surface area contributed by atoms with Gasteiger partial charge in [-0.05, 0) is 26.7 Å². The Morgan fingerprint density at radius 1 is 1.44 bits per heavy atom. The number of nitriles is 1. The number of methoxy groups -OCH3 is 1. The van der Waals surface area contributed by atoms with E-state index >= 15 is 0 Å². The van der Waals surface area contributed by atoms with Crippen LogP contribution in [0, 0.1) is 16.7 Å². The van der Waals surface area contributed by atoms with Gasteiger partial charge in [-0.15, -0.1) is 5.10 Å². The van der Waals surface area contributed by atoms with E-state index in [1.807, 2.05) is 13.8 Å². The van der Waals surface area contributed by atoms with Crippen LogP contribution in [0.5, 0.6) is 5.88 Å². The van der Waals surface area contributed by atoms with Gasteiger partial charge in [-0.3, -0.25) is 4.79 Å². The molecule has 1 aromatic rings. The standard InChI is InChI=1S/C13H19N3O2/c1-13(2,10-14)8-4-5-9-16-12(17)7-6-11(15-16)18-3/h6-7H,4-5,8-9H2,1-3H3. The average molecular weight is 249 g/mol.